The summed E-state index contributed by atoms with van der Waals surface area (Å²) in [4.78, 5) is 35.6. The van der Waals surface area contributed by atoms with Gasteiger partial charge < -0.3 is 14.2 Å². The van der Waals surface area contributed by atoms with Crippen LogP contribution in [0.5, 0.6) is 0 Å². The normalized spacial score (nSPS) is 20.0. The van der Waals surface area contributed by atoms with Crippen LogP contribution < -0.4 is 0 Å². The first-order valence-corrected chi connectivity index (χ1v) is 12.5. The lowest BCUT2D eigenvalue weighted by atomic mass is 9.99. The van der Waals surface area contributed by atoms with Crippen molar-refractivity contribution < 1.29 is 28.6 Å². The van der Waals surface area contributed by atoms with Crippen LogP contribution in [-0.4, -0.2) is 34.9 Å². The van der Waals surface area contributed by atoms with Gasteiger partial charge in [0.05, 0.1) is 5.92 Å². The molecule has 2 atom stereocenters. The molecule has 1 fully saturated rings. The molecule has 1 aliphatic heterocycles. The zero-order chi connectivity index (χ0) is 21.0. The molecular weight excluding hydrogens is 400 g/mol. The molecule has 0 bridgehead atoms. The third-order valence-corrected chi connectivity index (χ3v) is 8.02. The molecule has 8 heteroatoms. The van der Waals surface area contributed by atoms with E-state index in [0.717, 1.165) is 32.1 Å². The first-order valence-electron chi connectivity index (χ1n) is 10.2. The number of hydrogen-bond acceptors (Lipinski definition) is 8. The molecule has 0 amide bonds. The van der Waals surface area contributed by atoms with E-state index < -0.39 is 24.4 Å². The van der Waals surface area contributed by atoms with E-state index in [0.29, 0.717) is 17.6 Å². The lowest BCUT2D eigenvalue weighted by Gasteiger charge is -2.20. The molecule has 1 aliphatic rings. The van der Waals surface area contributed by atoms with Gasteiger partial charge in [0.1, 0.15) is 0 Å². The summed E-state index contributed by atoms with van der Waals surface area (Å²) in [6.45, 7) is 7.65. The fourth-order valence-corrected chi connectivity index (χ4v) is 6.39. The maximum atomic E-state index is 12.0. The highest BCUT2D eigenvalue weighted by molar-refractivity contribution is 8.77. The van der Waals surface area contributed by atoms with Crippen molar-refractivity contribution in [3.63, 3.8) is 0 Å². The van der Waals surface area contributed by atoms with Crippen molar-refractivity contribution in [1.29, 1.82) is 0 Å². The van der Waals surface area contributed by atoms with Crippen molar-refractivity contribution in [2.24, 2.45) is 5.92 Å². The standard InChI is InChI=1S/C20H34O6S2/c1-5-9-16(10-6-2)18(22)26-19(23)25-15(3)24-17(21)11-7-8-12-20(4)13-14-27-28-20/h15-16H,5-14H2,1-4H3/t15?,20-/m0/s1. The summed E-state index contributed by atoms with van der Waals surface area (Å²) in [6, 6.07) is 0. The second kappa shape index (κ2) is 13.4. The molecule has 28 heavy (non-hydrogen) atoms. The molecule has 0 aromatic carbocycles. The van der Waals surface area contributed by atoms with Gasteiger partial charge in [0.25, 0.3) is 0 Å². The minimum absolute atomic E-state index is 0.282. The van der Waals surface area contributed by atoms with Gasteiger partial charge in [-0.3, -0.25) is 9.59 Å². The second-order valence-corrected chi connectivity index (χ2v) is 10.4. The highest BCUT2D eigenvalue weighted by atomic mass is 33.1. The second-order valence-electron chi connectivity index (χ2n) is 7.43. The molecule has 0 aromatic rings. The van der Waals surface area contributed by atoms with Crippen molar-refractivity contribution in [1.82, 2.24) is 0 Å². The fraction of sp³-hybridized carbons (Fsp3) is 0.850. The molecule has 0 radical (unpaired) electrons. The van der Waals surface area contributed by atoms with Crippen molar-refractivity contribution in [3.05, 3.63) is 0 Å². The molecule has 0 N–H and O–H groups in total. The van der Waals surface area contributed by atoms with Crippen LogP contribution in [0.1, 0.15) is 85.5 Å². The van der Waals surface area contributed by atoms with Crippen LogP contribution in [0.25, 0.3) is 0 Å². The Morgan fingerprint density at radius 2 is 1.75 bits per heavy atom. The Morgan fingerprint density at radius 1 is 1.07 bits per heavy atom. The van der Waals surface area contributed by atoms with E-state index in [1.54, 1.807) is 0 Å². The number of esters is 2. The summed E-state index contributed by atoms with van der Waals surface area (Å²) in [5, 5.41) is 0. The van der Waals surface area contributed by atoms with E-state index in [1.165, 1.54) is 19.1 Å². The summed E-state index contributed by atoms with van der Waals surface area (Å²) in [5.74, 6) is -0.115. The van der Waals surface area contributed by atoms with Gasteiger partial charge in [-0.2, -0.15) is 0 Å². The molecule has 0 aromatic heterocycles. The Bertz CT molecular complexity index is 499. The van der Waals surface area contributed by atoms with Crippen molar-refractivity contribution >= 4 is 39.7 Å². The van der Waals surface area contributed by atoms with Crippen LogP contribution in [0, 0.1) is 5.92 Å². The van der Waals surface area contributed by atoms with Crippen molar-refractivity contribution in [3.8, 4) is 0 Å². The van der Waals surface area contributed by atoms with E-state index >= 15 is 0 Å². The van der Waals surface area contributed by atoms with Crippen LogP contribution in [0.3, 0.4) is 0 Å². The fourth-order valence-electron chi connectivity index (χ4n) is 3.09. The van der Waals surface area contributed by atoms with Gasteiger partial charge in [0, 0.05) is 23.8 Å². The molecule has 1 saturated heterocycles. The molecule has 0 saturated carbocycles. The molecule has 162 valence electrons. The summed E-state index contributed by atoms with van der Waals surface area (Å²) in [6.07, 6.45) is 5.07. The van der Waals surface area contributed by atoms with E-state index in [2.05, 4.69) is 6.92 Å². The van der Waals surface area contributed by atoms with E-state index in [4.69, 9.17) is 14.2 Å². The SMILES string of the molecule is CCCC(CCC)C(=O)OC(=O)OC(C)OC(=O)CCCC[C@@]1(C)CCSS1. The third kappa shape index (κ3) is 10.0. The highest BCUT2D eigenvalue weighted by Crippen LogP contribution is 2.49. The summed E-state index contributed by atoms with van der Waals surface area (Å²) in [5.41, 5.74) is 0. The maximum Gasteiger partial charge on any atom is 0.519 e. The minimum Gasteiger partial charge on any atom is -0.425 e. The molecule has 1 heterocycles. The smallest absolute Gasteiger partial charge is 0.425 e. The summed E-state index contributed by atoms with van der Waals surface area (Å²) >= 11 is 0. The Hall–Kier alpha value is -0.890. The van der Waals surface area contributed by atoms with Gasteiger partial charge in [-0.25, -0.2) is 4.79 Å². The van der Waals surface area contributed by atoms with Gasteiger partial charge >= 0.3 is 18.1 Å². The van der Waals surface area contributed by atoms with E-state index in [9.17, 15) is 14.4 Å². The molecular formula is C20H34O6S2. The maximum absolute atomic E-state index is 12.0. The Balaban J connectivity index is 2.22. The largest absolute Gasteiger partial charge is 0.519 e. The number of carbonyl (C=O) groups excluding carboxylic acids is 3. The molecule has 0 aliphatic carbocycles. The molecule has 6 nitrogen and oxygen atoms in total. The number of unbranched alkanes of at least 4 members (excludes halogenated alkanes) is 1. The van der Waals surface area contributed by atoms with Gasteiger partial charge in [0.15, 0.2) is 0 Å². The highest BCUT2D eigenvalue weighted by Gasteiger charge is 2.29. The van der Waals surface area contributed by atoms with Crippen molar-refractivity contribution in [2.75, 3.05) is 5.75 Å². The van der Waals surface area contributed by atoms with Gasteiger partial charge in [0.2, 0.25) is 6.29 Å². The quantitative estimate of drug-likeness (QED) is 0.124. The minimum atomic E-state index is -1.12. The van der Waals surface area contributed by atoms with E-state index in [-0.39, 0.29) is 12.3 Å². The first kappa shape index (κ1) is 25.1. The first-order chi connectivity index (χ1) is 13.3. The summed E-state index contributed by atoms with van der Waals surface area (Å²) < 4.78 is 15.0. The van der Waals surface area contributed by atoms with E-state index in [1.807, 2.05) is 35.4 Å². The Morgan fingerprint density at radius 3 is 2.32 bits per heavy atom. The van der Waals surface area contributed by atoms with Crippen LogP contribution in [0.4, 0.5) is 4.79 Å². The third-order valence-electron chi connectivity index (χ3n) is 4.66. The zero-order valence-electron chi connectivity index (χ0n) is 17.5. The Kier molecular flexibility index (Phi) is 12.0. The lowest BCUT2D eigenvalue weighted by Crippen LogP contribution is -2.26. The Labute approximate surface area is 176 Å². The monoisotopic (exact) mass is 434 g/mol. The number of ether oxygens (including phenoxy) is 3. The molecule has 1 rings (SSSR count). The summed E-state index contributed by atoms with van der Waals surface area (Å²) in [7, 11) is 3.85. The average molecular weight is 435 g/mol. The predicted molar refractivity (Wildman–Crippen MR) is 113 cm³/mol. The zero-order valence-corrected chi connectivity index (χ0v) is 19.1. The van der Waals surface area contributed by atoms with Crippen LogP contribution in [0.15, 0.2) is 0 Å². The number of rotatable bonds is 12. The predicted octanol–water partition coefficient (Wildman–Crippen LogP) is 5.88. The van der Waals surface area contributed by atoms with Gasteiger partial charge in [-0.1, -0.05) is 54.7 Å². The van der Waals surface area contributed by atoms with Crippen LogP contribution in [-0.2, 0) is 23.8 Å². The molecule has 0 spiro atoms. The van der Waals surface area contributed by atoms with Gasteiger partial charge in [-0.15, -0.1) is 0 Å². The lowest BCUT2D eigenvalue weighted by molar-refractivity contribution is -0.170. The molecule has 1 unspecified atom stereocenters. The van der Waals surface area contributed by atoms with Gasteiger partial charge in [-0.05, 0) is 39.0 Å². The number of hydrogen-bond donors (Lipinski definition) is 0. The topological polar surface area (TPSA) is 78.9 Å². The number of carbonyl (C=O) groups is 3. The van der Waals surface area contributed by atoms with Crippen molar-refractivity contribution in [2.45, 2.75) is 96.5 Å². The van der Waals surface area contributed by atoms with Crippen LogP contribution >= 0.6 is 21.6 Å². The van der Waals surface area contributed by atoms with Crippen LogP contribution in [0.2, 0.25) is 0 Å². The average Bonchev–Trinajstić information content (AvgIpc) is 3.05.